The number of aliphatic carboxylic acids is 1. The van der Waals surface area contributed by atoms with Crippen molar-refractivity contribution in [1.82, 2.24) is 0 Å². The highest BCUT2D eigenvalue weighted by Crippen LogP contribution is 2.32. The van der Waals surface area contributed by atoms with Crippen molar-refractivity contribution in [3.05, 3.63) is 0 Å². The van der Waals surface area contributed by atoms with Gasteiger partial charge < -0.3 is 5.11 Å². The second-order valence-corrected chi connectivity index (χ2v) is 6.23. The SMILES string of the molecule is CC(C)C[C@@H](Br)[C@](C)(Br)C(=O)O. The Bertz CT molecular complexity index is 166. The second-order valence-electron chi connectivity index (χ2n) is 3.48. The minimum atomic E-state index is -0.864. The molecule has 0 bridgehead atoms. The fourth-order valence-corrected chi connectivity index (χ4v) is 1.90. The highest BCUT2D eigenvalue weighted by molar-refractivity contribution is 9.12. The predicted octanol–water partition coefficient (Wildman–Crippen LogP) is 3.03. The van der Waals surface area contributed by atoms with Crippen LogP contribution in [0.3, 0.4) is 0 Å². The average molecular weight is 302 g/mol. The van der Waals surface area contributed by atoms with Gasteiger partial charge in [0.25, 0.3) is 0 Å². The Morgan fingerprint density at radius 2 is 2.00 bits per heavy atom. The lowest BCUT2D eigenvalue weighted by atomic mass is 9.99. The highest BCUT2D eigenvalue weighted by Gasteiger charge is 2.37. The summed E-state index contributed by atoms with van der Waals surface area (Å²) in [5.74, 6) is -0.337. The van der Waals surface area contributed by atoms with Crippen molar-refractivity contribution in [2.24, 2.45) is 5.92 Å². The molecule has 2 atom stereocenters. The van der Waals surface area contributed by atoms with Gasteiger partial charge in [-0.2, -0.15) is 0 Å². The van der Waals surface area contributed by atoms with E-state index in [-0.39, 0.29) is 4.83 Å². The zero-order valence-corrected chi connectivity index (χ0v) is 10.6. The summed E-state index contributed by atoms with van der Waals surface area (Å²) in [5, 5.41) is 8.85. The Hall–Kier alpha value is 0.430. The minimum absolute atomic E-state index is 0.0394. The van der Waals surface area contributed by atoms with Gasteiger partial charge in [0.2, 0.25) is 0 Å². The van der Waals surface area contributed by atoms with E-state index in [4.69, 9.17) is 5.11 Å². The Labute approximate surface area is 90.0 Å². The van der Waals surface area contributed by atoms with Gasteiger partial charge in [0.15, 0.2) is 0 Å². The summed E-state index contributed by atoms with van der Waals surface area (Å²) < 4.78 is -0.864. The van der Waals surface area contributed by atoms with Crippen LogP contribution in [0, 0.1) is 5.92 Å². The number of halogens is 2. The second kappa shape index (κ2) is 4.61. The largest absolute Gasteiger partial charge is 0.480 e. The molecule has 0 aliphatic rings. The molecule has 0 radical (unpaired) electrons. The van der Waals surface area contributed by atoms with Gasteiger partial charge in [-0.25, -0.2) is 0 Å². The van der Waals surface area contributed by atoms with Crippen LogP contribution in [0.1, 0.15) is 27.2 Å². The molecule has 0 spiro atoms. The Morgan fingerprint density at radius 3 is 2.25 bits per heavy atom. The van der Waals surface area contributed by atoms with Crippen molar-refractivity contribution >= 4 is 37.8 Å². The van der Waals surface area contributed by atoms with Crippen LogP contribution >= 0.6 is 31.9 Å². The fraction of sp³-hybridized carbons (Fsp3) is 0.875. The molecule has 0 aromatic heterocycles. The summed E-state index contributed by atoms with van der Waals surface area (Å²) in [7, 11) is 0. The Balaban J connectivity index is 4.25. The average Bonchev–Trinajstić information content (AvgIpc) is 1.85. The number of hydrogen-bond acceptors (Lipinski definition) is 1. The van der Waals surface area contributed by atoms with Crippen LogP contribution in [0.25, 0.3) is 0 Å². The Kier molecular flexibility index (Phi) is 4.77. The van der Waals surface area contributed by atoms with Crippen molar-refractivity contribution in [3.63, 3.8) is 0 Å². The van der Waals surface area contributed by atoms with Crippen LogP contribution in [0.4, 0.5) is 0 Å². The van der Waals surface area contributed by atoms with E-state index in [1.807, 2.05) is 0 Å². The van der Waals surface area contributed by atoms with Crippen LogP contribution in [-0.4, -0.2) is 20.2 Å². The van der Waals surface area contributed by atoms with Crippen molar-refractivity contribution in [2.75, 3.05) is 0 Å². The van der Waals surface area contributed by atoms with E-state index in [1.165, 1.54) is 0 Å². The molecule has 1 N–H and O–H groups in total. The molecule has 0 rings (SSSR count). The molecular formula is C8H14Br2O2. The quantitative estimate of drug-likeness (QED) is 0.811. The van der Waals surface area contributed by atoms with E-state index < -0.39 is 10.3 Å². The first-order valence-electron chi connectivity index (χ1n) is 3.84. The molecular weight excluding hydrogens is 288 g/mol. The van der Waals surface area contributed by atoms with Crippen molar-refractivity contribution in [3.8, 4) is 0 Å². The van der Waals surface area contributed by atoms with Gasteiger partial charge >= 0.3 is 5.97 Å². The lowest BCUT2D eigenvalue weighted by molar-refractivity contribution is -0.139. The van der Waals surface area contributed by atoms with Crippen LogP contribution < -0.4 is 0 Å². The van der Waals surface area contributed by atoms with E-state index in [0.29, 0.717) is 5.92 Å². The van der Waals surface area contributed by atoms with Crippen LogP contribution in [-0.2, 0) is 4.79 Å². The molecule has 72 valence electrons. The smallest absolute Gasteiger partial charge is 0.321 e. The van der Waals surface area contributed by atoms with E-state index >= 15 is 0 Å². The first-order valence-corrected chi connectivity index (χ1v) is 5.55. The number of hydrogen-bond donors (Lipinski definition) is 1. The fourth-order valence-electron chi connectivity index (χ4n) is 0.769. The zero-order chi connectivity index (χ0) is 9.94. The van der Waals surface area contributed by atoms with E-state index in [9.17, 15) is 4.79 Å². The van der Waals surface area contributed by atoms with Crippen molar-refractivity contribution < 1.29 is 9.90 Å². The third-order valence-electron chi connectivity index (χ3n) is 1.68. The Morgan fingerprint density at radius 1 is 1.58 bits per heavy atom. The summed E-state index contributed by atoms with van der Waals surface area (Å²) in [4.78, 5) is 10.7. The maximum Gasteiger partial charge on any atom is 0.321 e. The standard InChI is InChI=1S/C8H14Br2O2/c1-5(2)4-6(9)8(3,10)7(11)12/h5-6H,4H2,1-3H3,(H,11,12)/t6-,8+/m1/s1. The highest BCUT2D eigenvalue weighted by atomic mass is 79.9. The zero-order valence-electron chi connectivity index (χ0n) is 7.47. The van der Waals surface area contributed by atoms with Gasteiger partial charge in [-0.1, -0.05) is 45.7 Å². The number of alkyl halides is 2. The molecule has 4 heteroatoms. The molecule has 0 amide bonds. The first kappa shape index (κ1) is 12.4. The van der Waals surface area contributed by atoms with Crippen LogP contribution in [0.5, 0.6) is 0 Å². The molecule has 0 aromatic carbocycles. The lowest BCUT2D eigenvalue weighted by Gasteiger charge is -2.24. The van der Waals surface area contributed by atoms with Crippen LogP contribution in [0.15, 0.2) is 0 Å². The maximum atomic E-state index is 10.8. The molecule has 0 saturated carbocycles. The van der Waals surface area contributed by atoms with Gasteiger partial charge in [0.05, 0.1) is 0 Å². The van der Waals surface area contributed by atoms with Gasteiger partial charge in [-0.15, -0.1) is 0 Å². The van der Waals surface area contributed by atoms with Gasteiger partial charge in [-0.3, -0.25) is 4.79 Å². The number of carboxylic acid groups (broad SMARTS) is 1. The maximum absolute atomic E-state index is 10.8. The third-order valence-corrected chi connectivity index (χ3v) is 4.48. The lowest BCUT2D eigenvalue weighted by Crippen LogP contribution is -2.38. The molecule has 0 aliphatic heterocycles. The monoisotopic (exact) mass is 300 g/mol. The van der Waals surface area contributed by atoms with Crippen molar-refractivity contribution in [2.45, 2.75) is 36.3 Å². The predicted molar refractivity (Wildman–Crippen MR) is 57.1 cm³/mol. The van der Waals surface area contributed by atoms with Gasteiger partial charge in [-0.05, 0) is 19.3 Å². The molecule has 0 saturated heterocycles. The molecule has 0 unspecified atom stereocenters. The van der Waals surface area contributed by atoms with E-state index in [0.717, 1.165) is 6.42 Å². The summed E-state index contributed by atoms with van der Waals surface area (Å²) >= 11 is 6.57. The summed E-state index contributed by atoms with van der Waals surface area (Å²) in [6.07, 6.45) is 0.841. The van der Waals surface area contributed by atoms with E-state index in [2.05, 4.69) is 45.7 Å². The number of carboxylic acids is 1. The van der Waals surface area contributed by atoms with Crippen molar-refractivity contribution in [1.29, 1.82) is 0 Å². The number of carbonyl (C=O) groups is 1. The molecule has 0 aliphatic carbocycles. The molecule has 2 nitrogen and oxygen atoms in total. The third kappa shape index (κ3) is 3.44. The summed E-state index contributed by atoms with van der Waals surface area (Å²) in [5.41, 5.74) is 0. The topological polar surface area (TPSA) is 37.3 Å². The van der Waals surface area contributed by atoms with Gasteiger partial charge in [0.1, 0.15) is 4.32 Å². The number of rotatable bonds is 4. The minimum Gasteiger partial charge on any atom is -0.480 e. The first-order chi connectivity index (χ1) is 5.28. The molecule has 0 aromatic rings. The molecule has 0 heterocycles. The van der Waals surface area contributed by atoms with Gasteiger partial charge in [0, 0.05) is 4.83 Å². The summed E-state index contributed by atoms with van der Waals surface area (Å²) in [6, 6.07) is 0. The normalized spacial score (nSPS) is 18.8. The molecule has 0 fully saturated rings. The van der Waals surface area contributed by atoms with E-state index in [1.54, 1.807) is 6.92 Å². The van der Waals surface area contributed by atoms with Crippen LogP contribution in [0.2, 0.25) is 0 Å². The summed E-state index contributed by atoms with van der Waals surface area (Å²) in [6.45, 7) is 5.80. The molecule has 12 heavy (non-hydrogen) atoms.